The highest BCUT2D eigenvalue weighted by molar-refractivity contribution is 7.07. The molecular formula is C29H22N6O4S. The lowest BCUT2D eigenvalue weighted by Gasteiger charge is -2.07. The molecule has 0 radical (unpaired) electrons. The summed E-state index contributed by atoms with van der Waals surface area (Å²) in [4.78, 5) is 24.3. The fraction of sp³-hybridized carbons (Fsp3) is 0.172. The van der Waals surface area contributed by atoms with Gasteiger partial charge in [-0.2, -0.15) is 5.26 Å². The molecule has 0 fully saturated rings. The number of nitro groups is 1. The van der Waals surface area contributed by atoms with Gasteiger partial charge in [-0.1, -0.05) is 24.6 Å². The van der Waals surface area contributed by atoms with Gasteiger partial charge >= 0.3 is 0 Å². The van der Waals surface area contributed by atoms with Crippen molar-refractivity contribution >= 4 is 28.7 Å². The maximum absolute atomic E-state index is 13.8. The van der Waals surface area contributed by atoms with Gasteiger partial charge in [0.2, 0.25) is 0 Å². The second-order valence-corrected chi connectivity index (χ2v) is 10.3. The molecule has 198 valence electrons. The number of rotatable bonds is 5. The summed E-state index contributed by atoms with van der Waals surface area (Å²) in [7, 11) is 0. The third kappa shape index (κ3) is 4.65. The van der Waals surface area contributed by atoms with E-state index in [-0.39, 0.29) is 16.8 Å². The Balaban J connectivity index is 1.52. The Morgan fingerprint density at radius 2 is 1.85 bits per heavy atom. The third-order valence-corrected chi connectivity index (χ3v) is 7.85. The first-order valence-corrected chi connectivity index (χ1v) is 13.6. The molecule has 1 aliphatic rings. The van der Waals surface area contributed by atoms with Gasteiger partial charge in [-0.3, -0.25) is 19.5 Å². The van der Waals surface area contributed by atoms with Gasteiger partial charge in [0.25, 0.3) is 11.2 Å². The number of nitrogens with zero attached hydrogens (tertiary/aromatic N) is 6. The Labute approximate surface area is 231 Å². The van der Waals surface area contributed by atoms with E-state index in [1.807, 2.05) is 34.9 Å². The van der Waals surface area contributed by atoms with Gasteiger partial charge in [-0.05, 0) is 49.2 Å². The summed E-state index contributed by atoms with van der Waals surface area (Å²) in [5.74, 6) is 2.27. The molecule has 3 aromatic heterocycles. The van der Waals surface area contributed by atoms with Crippen LogP contribution in [-0.4, -0.2) is 24.3 Å². The zero-order valence-electron chi connectivity index (χ0n) is 21.2. The van der Waals surface area contributed by atoms with Gasteiger partial charge in [0.05, 0.1) is 15.1 Å². The number of para-hydroxylation sites is 1. The largest absolute Gasteiger partial charge is 0.457 e. The lowest BCUT2D eigenvalue weighted by atomic mass is 10.1. The molecule has 0 unspecified atom stereocenters. The molecular weight excluding hydrogens is 528 g/mol. The minimum absolute atomic E-state index is 0.0104. The lowest BCUT2D eigenvalue weighted by Crippen LogP contribution is -2.31. The predicted octanol–water partition coefficient (Wildman–Crippen LogP) is 3.94. The molecule has 0 atom stereocenters. The van der Waals surface area contributed by atoms with Crippen LogP contribution in [0.1, 0.15) is 36.7 Å². The summed E-state index contributed by atoms with van der Waals surface area (Å²) in [5, 5.41) is 30.0. The number of non-ortho nitro benzene ring substituents is 1. The molecule has 0 amide bonds. The van der Waals surface area contributed by atoms with Crippen LogP contribution in [0.25, 0.3) is 28.7 Å². The second kappa shape index (κ2) is 10.6. The Bertz CT molecular complexity index is 1940. The molecule has 4 heterocycles. The fourth-order valence-corrected chi connectivity index (χ4v) is 5.87. The summed E-state index contributed by atoms with van der Waals surface area (Å²) >= 11 is 1.19. The zero-order chi connectivity index (χ0) is 27.6. The molecule has 2 aromatic carbocycles. The highest BCUT2D eigenvalue weighted by atomic mass is 32.1. The first-order chi connectivity index (χ1) is 19.5. The van der Waals surface area contributed by atoms with Gasteiger partial charge in [-0.25, -0.2) is 0 Å². The van der Waals surface area contributed by atoms with E-state index >= 15 is 0 Å². The van der Waals surface area contributed by atoms with Crippen molar-refractivity contribution in [1.82, 2.24) is 19.3 Å². The Morgan fingerprint density at radius 3 is 2.60 bits per heavy atom. The van der Waals surface area contributed by atoms with E-state index in [9.17, 15) is 20.2 Å². The normalized spacial score (nSPS) is 14.3. The lowest BCUT2D eigenvalue weighted by molar-refractivity contribution is -0.384. The van der Waals surface area contributed by atoms with Gasteiger partial charge in [0.1, 0.15) is 33.7 Å². The second-order valence-electron chi connectivity index (χ2n) is 9.29. The number of hydrogen-bond donors (Lipinski definition) is 0. The maximum Gasteiger partial charge on any atom is 0.273 e. The molecule has 0 saturated carbocycles. The monoisotopic (exact) mass is 550 g/mol. The standard InChI is InChI=1S/C29H22N6O4S/c30-18-23(27-32-31-26-9-5-2-6-16-33(26)27)29-34(20-7-3-1-4-8-20)28(36)25(40-29)17-22-14-15-24(39-22)19-10-12-21(13-11-19)35(37)38/h1,3-4,7-8,10-15,17H,2,5-6,9,16H2/b25-17+,29-23+. The molecule has 0 spiro atoms. The summed E-state index contributed by atoms with van der Waals surface area (Å²) in [5.41, 5.74) is 1.29. The fourth-order valence-electron chi connectivity index (χ4n) is 4.79. The van der Waals surface area contributed by atoms with Crippen LogP contribution in [0.4, 0.5) is 5.69 Å². The predicted molar refractivity (Wildman–Crippen MR) is 149 cm³/mol. The van der Waals surface area contributed by atoms with Crippen LogP contribution in [0.2, 0.25) is 0 Å². The number of hydrogen-bond acceptors (Lipinski definition) is 8. The average Bonchev–Trinajstić information content (AvgIpc) is 3.63. The quantitative estimate of drug-likeness (QED) is 0.239. The number of aryl methyl sites for hydroxylation is 1. The van der Waals surface area contributed by atoms with Crippen LogP contribution < -0.4 is 14.8 Å². The molecule has 0 aliphatic carbocycles. The molecule has 11 heteroatoms. The van der Waals surface area contributed by atoms with Crippen molar-refractivity contribution in [2.75, 3.05) is 0 Å². The number of nitro benzene ring substituents is 1. The molecule has 0 N–H and O–H groups in total. The number of benzene rings is 2. The Kier molecular flexibility index (Phi) is 6.67. The molecule has 0 saturated heterocycles. The molecule has 0 bridgehead atoms. The van der Waals surface area contributed by atoms with Crippen molar-refractivity contribution in [2.24, 2.45) is 0 Å². The van der Waals surface area contributed by atoms with Crippen LogP contribution in [0.3, 0.4) is 0 Å². The van der Waals surface area contributed by atoms with E-state index < -0.39 is 4.92 Å². The first kappa shape index (κ1) is 25.2. The Morgan fingerprint density at radius 1 is 1.05 bits per heavy atom. The number of fused-ring (bicyclic) bond motifs is 1. The van der Waals surface area contributed by atoms with Crippen molar-refractivity contribution < 1.29 is 9.34 Å². The number of aromatic nitrogens is 4. The van der Waals surface area contributed by atoms with Gasteiger partial charge in [0.15, 0.2) is 5.82 Å². The average molecular weight is 551 g/mol. The minimum Gasteiger partial charge on any atom is -0.457 e. The van der Waals surface area contributed by atoms with Crippen LogP contribution in [0, 0.1) is 21.4 Å². The van der Waals surface area contributed by atoms with E-state index in [4.69, 9.17) is 4.42 Å². The number of nitriles is 1. The van der Waals surface area contributed by atoms with Gasteiger partial charge in [0, 0.05) is 36.7 Å². The van der Waals surface area contributed by atoms with Gasteiger partial charge in [-0.15, -0.1) is 21.5 Å². The molecule has 10 nitrogen and oxygen atoms in total. The van der Waals surface area contributed by atoms with Crippen molar-refractivity contribution in [3.8, 4) is 23.1 Å². The maximum atomic E-state index is 13.8. The number of thiazole rings is 1. The number of furan rings is 1. The first-order valence-electron chi connectivity index (χ1n) is 12.7. The van der Waals surface area contributed by atoms with E-state index in [0.717, 1.165) is 38.1 Å². The highest BCUT2D eigenvalue weighted by Gasteiger charge is 2.21. The summed E-state index contributed by atoms with van der Waals surface area (Å²) in [6.07, 6.45) is 5.53. The van der Waals surface area contributed by atoms with Crippen LogP contribution in [-0.2, 0) is 13.0 Å². The Hall–Kier alpha value is -5.08. The van der Waals surface area contributed by atoms with Crippen LogP contribution >= 0.6 is 11.3 Å². The van der Waals surface area contributed by atoms with E-state index in [1.165, 1.54) is 28.0 Å². The van der Waals surface area contributed by atoms with Crippen molar-refractivity contribution in [1.29, 1.82) is 5.26 Å². The summed E-state index contributed by atoms with van der Waals surface area (Å²) in [6, 6.07) is 21.0. The van der Waals surface area contributed by atoms with Crippen molar-refractivity contribution in [3.63, 3.8) is 0 Å². The van der Waals surface area contributed by atoms with Crippen LogP contribution in [0.5, 0.6) is 0 Å². The van der Waals surface area contributed by atoms with Gasteiger partial charge < -0.3 is 8.98 Å². The molecule has 6 rings (SSSR count). The third-order valence-electron chi connectivity index (χ3n) is 6.76. The van der Waals surface area contributed by atoms with Crippen molar-refractivity contribution in [3.05, 3.63) is 114 Å². The molecule has 40 heavy (non-hydrogen) atoms. The highest BCUT2D eigenvalue weighted by Crippen LogP contribution is 2.25. The summed E-state index contributed by atoms with van der Waals surface area (Å²) in [6.45, 7) is 0.723. The molecule has 5 aromatic rings. The minimum atomic E-state index is -0.458. The topological polar surface area (TPSA) is 133 Å². The SMILES string of the molecule is N#C/C(c1nnc2n1CCCCC2)=c1\s/c(=C/c2ccc(-c3ccc([N+](=O)[O-])cc3)o2)c(=O)n1-c1ccccc1. The molecule has 1 aliphatic heterocycles. The van der Waals surface area contributed by atoms with Crippen molar-refractivity contribution in [2.45, 2.75) is 32.2 Å². The zero-order valence-corrected chi connectivity index (χ0v) is 22.0. The van der Waals surface area contributed by atoms with E-state index in [0.29, 0.717) is 37.8 Å². The summed E-state index contributed by atoms with van der Waals surface area (Å²) < 4.78 is 10.3. The van der Waals surface area contributed by atoms with Crippen LogP contribution in [0.15, 0.2) is 75.9 Å². The van der Waals surface area contributed by atoms with E-state index in [2.05, 4.69) is 16.3 Å². The van der Waals surface area contributed by atoms with E-state index in [1.54, 1.807) is 30.3 Å². The smallest absolute Gasteiger partial charge is 0.273 e.